The highest BCUT2D eigenvalue weighted by Gasteiger charge is 2.48. The van der Waals surface area contributed by atoms with Crippen LogP contribution in [0.4, 0.5) is 0 Å². The van der Waals surface area contributed by atoms with Crippen molar-refractivity contribution in [2.45, 2.75) is 57.8 Å². The molecule has 136 valence electrons. The van der Waals surface area contributed by atoms with Gasteiger partial charge in [0.2, 0.25) is 5.78 Å². The predicted molar refractivity (Wildman–Crippen MR) is 90.1 cm³/mol. The Labute approximate surface area is 147 Å². The van der Waals surface area contributed by atoms with E-state index in [-0.39, 0.29) is 12.4 Å². The molecule has 1 aromatic rings. The molecule has 6 nitrogen and oxygen atoms in total. The summed E-state index contributed by atoms with van der Waals surface area (Å²) in [5.41, 5.74) is -1.48. The molecular weight excluding hydrogens is 324 g/mol. The van der Waals surface area contributed by atoms with E-state index in [2.05, 4.69) is 0 Å². The van der Waals surface area contributed by atoms with Crippen molar-refractivity contribution in [3.05, 3.63) is 35.9 Å². The van der Waals surface area contributed by atoms with Gasteiger partial charge in [-0.15, -0.1) is 0 Å². The van der Waals surface area contributed by atoms with Gasteiger partial charge in [0.1, 0.15) is 11.2 Å². The summed E-state index contributed by atoms with van der Waals surface area (Å²) in [7, 11) is 0. The fraction of sp³-hybridized carbons (Fsp3) is 0.526. The Morgan fingerprint density at radius 1 is 1.24 bits per heavy atom. The van der Waals surface area contributed by atoms with E-state index in [1.165, 1.54) is 6.92 Å². The molecule has 0 saturated carbocycles. The van der Waals surface area contributed by atoms with Crippen LogP contribution >= 0.6 is 0 Å². The summed E-state index contributed by atoms with van der Waals surface area (Å²) >= 11 is 0. The van der Waals surface area contributed by atoms with Gasteiger partial charge in [-0.3, -0.25) is 9.59 Å². The lowest BCUT2D eigenvalue weighted by Crippen LogP contribution is -2.45. The fourth-order valence-corrected chi connectivity index (χ4v) is 2.79. The first-order valence-corrected chi connectivity index (χ1v) is 8.27. The molecule has 1 fully saturated rings. The van der Waals surface area contributed by atoms with Gasteiger partial charge in [-0.05, 0) is 45.7 Å². The van der Waals surface area contributed by atoms with Crippen LogP contribution in [0.2, 0.25) is 0 Å². The molecule has 0 bridgehead atoms. The minimum atomic E-state index is -1.05. The van der Waals surface area contributed by atoms with Crippen molar-refractivity contribution in [2.75, 3.05) is 6.61 Å². The molecule has 1 aliphatic rings. The summed E-state index contributed by atoms with van der Waals surface area (Å²) in [6.07, 6.45) is 0.619. The third-order valence-corrected chi connectivity index (χ3v) is 4.42. The van der Waals surface area contributed by atoms with E-state index < -0.39 is 29.2 Å². The second-order valence-corrected chi connectivity index (χ2v) is 6.94. The van der Waals surface area contributed by atoms with Crippen LogP contribution in [0.25, 0.3) is 0 Å². The molecule has 0 spiro atoms. The van der Waals surface area contributed by atoms with Crippen molar-refractivity contribution in [2.24, 2.45) is 0 Å². The monoisotopic (exact) mass is 348 g/mol. The molecule has 1 heterocycles. The Balaban J connectivity index is 2.00. The van der Waals surface area contributed by atoms with Crippen LogP contribution < -0.4 is 0 Å². The van der Waals surface area contributed by atoms with Gasteiger partial charge in [0.05, 0.1) is 11.7 Å². The summed E-state index contributed by atoms with van der Waals surface area (Å²) < 4.78 is 16.3. The highest BCUT2D eigenvalue weighted by Crippen LogP contribution is 2.37. The van der Waals surface area contributed by atoms with Gasteiger partial charge < -0.3 is 14.2 Å². The first-order chi connectivity index (χ1) is 11.6. The molecule has 2 rings (SSSR count). The van der Waals surface area contributed by atoms with Gasteiger partial charge in [-0.25, -0.2) is 4.79 Å². The Hall–Kier alpha value is -2.21. The van der Waals surface area contributed by atoms with Crippen LogP contribution in [-0.4, -0.2) is 41.6 Å². The quantitative estimate of drug-likeness (QED) is 0.736. The Morgan fingerprint density at radius 2 is 1.88 bits per heavy atom. The van der Waals surface area contributed by atoms with Gasteiger partial charge in [0.25, 0.3) is 0 Å². The van der Waals surface area contributed by atoms with E-state index in [4.69, 9.17) is 14.2 Å². The third-order valence-electron chi connectivity index (χ3n) is 4.42. The SMILES string of the molecule is CC(=O)OCC(=O)[C@@]1(C)CC[C@@H](C(C)(C)OC(=O)c2ccccc2)O1. The molecular formula is C19H24O6. The predicted octanol–water partition coefficient (Wildman–Crippen LogP) is 2.69. The maximum atomic E-state index is 12.3. The fourth-order valence-electron chi connectivity index (χ4n) is 2.79. The van der Waals surface area contributed by atoms with Crippen LogP contribution in [0.3, 0.4) is 0 Å². The van der Waals surface area contributed by atoms with Crippen LogP contribution in [0.15, 0.2) is 30.3 Å². The molecule has 0 amide bonds. The van der Waals surface area contributed by atoms with E-state index in [1.807, 2.05) is 6.07 Å². The topological polar surface area (TPSA) is 78.9 Å². The van der Waals surface area contributed by atoms with E-state index in [9.17, 15) is 14.4 Å². The average Bonchev–Trinajstić information content (AvgIpc) is 2.97. The molecule has 6 heteroatoms. The van der Waals surface area contributed by atoms with Gasteiger partial charge in [-0.2, -0.15) is 0 Å². The van der Waals surface area contributed by atoms with Crippen molar-refractivity contribution < 1.29 is 28.6 Å². The lowest BCUT2D eigenvalue weighted by atomic mass is 9.94. The molecule has 0 aliphatic carbocycles. The second kappa shape index (κ2) is 7.35. The maximum Gasteiger partial charge on any atom is 0.338 e. The van der Waals surface area contributed by atoms with Gasteiger partial charge in [-0.1, -0.05) is 18.2 Å². The van der Waals surface area contributed by atoms with Crippen molar-refractivity contribution in [1.82, 2.24) is 0 Å². The summed E-state index contributed by atoms with van der Waals surface area (Å²) in [5.74, 6) is -1.24. The average molecular weight is 348 g/mol. The third kappa shape index (κ3) is 4.66. The molecule has 25 heavy (non-hydrogen) atoms. The van der Waals surface area contributed by atoms with Crippen LogP contribution in [0, 0.1) is 0 Å². The van der Waals surface area contributed by atoms with Crippen molar-refractivity contribution in [3.8, 4) is 0 Å². The lowest BCUT2D eigenvalue weighted by molar-refractivity contribution is -0.162. The number of benzene rings is 1. The zero-order chi connectivity index (χ0) is 18.7. The van der Waals surface area contributed by atoms with E-state index >= 15 is 0 Å². The number of rotatable bonds is 6. The highest BCUT2D eigenvalue weighted by molar-refractivity contribution is 5.90. The number of carbonyl (C=O) groups excluding carboxylic acids is 3. The minimum Gasteiger partial charge on any atom is -0.458 e. The largest absolute Gasteiger partial charge is 0.458 e. The molecule has 0 unspecified atom stereocenters. The van der Waals surface area contributed by atoms with Gasteiger partial charge in [0, 0.05) is 6.92 Å². The summed E-state index contributed by atoms with van der Waals surface area (Å²) in [4.78, 5) is 35.4. The number of esters is 2. The molecule has 0 radical (unpaired) electrons. The zero-order valence-corrected chi connectivity index (χ0v) is 15.0. The van der Waals surface area contributed by atoms with Crippen molar-refractivity contribution in [3.63, 3.8) is 0 Å². The van der Waals surface area contributed by atoms with Crippen LogP contribution in [0.5, 0.6) is 0 Å². The number of hydrogen-bond acceptors (Lipinski definition) is 6. The standard InChI is InChI=1S/C19H24O6/c1-13(20)23-12-15(21)19(4)11-10-16(24-19)18(2,3)25-17(22)14-8-6-5-7-9-14/h5-9,16H,10-12H2,1-4H3/t16-,19+/m0/s1. The zero-order valence-electron chi connectivity index (χ0n) is 15.0. The number of carbonyl (C=O) groups is 3. The number of ether oxygens (including phenoxy) is 3. The van der Waals surface area contributed by atoms with Gasteiger partial charge in [0.15, 0.2) is 6.61 Å². The number of ketones is 1. The molecule has 1 aliphatic heterocycles. The first-order valence-electron chi connectivity index (χ1n) is 8.27. The molecule has 0 N–H and O–H groups in total. The number of hydrogen-bond donors (Lipinski definition) is 0. The van der Waals surface area contributed by atoms with E-state index in [0.717, 1.165) is 0 Å². The van der Waals surface area contributed by atoms with Gasteiger partial charge >= 0.3 is 11.9 Å². The molecule has 2 atom stereocenters. The molecule has 1 saturated heterocycles. The molecule has 0 aromatic heterocycles. The minimum absolute atomic E-state index is 0.296. The first kappa shape index (κ1) is 19.1. The highest BCUT2D eigenvalue weighted by atomic mass is 16.6. The van der Waals surface area contributed by atoms with E-state index in [0.29, 0.717) is 18.4 Å². The maximum absolute atomic E-state index is 12.3. The summed E-state index contributed by atoms with van der Waals surface area (Å²) in [5, 5.41) is 0. The van der Waals surface area contributed by atoms with Crippen molar-refractivity contribution in [1.29, 1.82) is 0 Å². The Bertz CT molecular complexity index is 651. The molecule has 1 aromatic carbocycles. The Morgan fingerprint density at radius 3 is 2.48 bits per heavy atom. The smallest absolute Gasteiger partial charge is 0.338 e. The summed E-state index contributed by atoms with van der Waals surface area (Å²) in [6, 6.07) is 8.71. The Kier molecular flexibility index (Phi) is 5.62. The number of Topliss-reactive ketones (excluding diaryl/α,β-unsaturated/α-hetero) is 1. The van der Waals surface area contributed by atoms with E-state index in [1.54, 1.807) is 45.0 Å². The lowest BCUT2D eigenvalue weighted by Gasteiger charge is -2.33. The van der Waals surface area contributed by atoms with Crippen LogP contribution in [-0.2, 0) is 23.8 Å². The van der Waals surface area contributed by atoms with Crippen LogP contribution in [0.1, 0.15) is 50.9 Å². The second-order valence-electron chi connectivity index (χ2n) is 6.94. The summed E-state index contributed by atoms with van der Waals surface area (Å²) in [6.45, 7) is 6.14. The normalized spacial score (nSPS) is 23.1. The van der Waals surface area contributed by atoms with Crippen molar-refractivity contribution >= 4 is 17.7 Å².